The number of fused-ring (bicyclic) bond motifs is 1. The molecule has 0 aliphatic carbocycles. The summed E-state index contributed by atoms with van der Waals surface area (Å²) in [6.45, 7) is 1.88. The van der Waals surface area contributed by atoms with E-state index in [4.69, 9.17) is 5.73 Å². The van der Waals surface area contributed by atoms with Gasteiger partial charge in [0.25, 0.3) is 0 Å². The first kappa shape index (κ1) is 11.6. The van der Waals surface area contributed by atoms with Crippen LogP contribution in [0.25, 0.3) is 11.0 Å². The Morgan fingerprint density at radius 3 is 3.00 bits per heavy atom. The van der Waals surface area contributed by atoms with Gasteiger partial charge in [0, 0.05) is 12.5 Å². The molecule has 5 nitrogen and oxygen atoms in total. The molecular formula is C12H16N4O. The number of hydrogen-bond acceptors (Lipinski definition) is 3. The van der Waals surface area contributed by atoms with Gasteiger partial charge in [0.2, 0.25) is 11.9 Å². The van der Waals surface area contributed by atoms with Crippen LogP contribution in [0.4, 0.5) is 5.95 Å². The molecule has 0 spiro atoms. The van der Waals surface area contributed by atoms with Crippen LogP contribution < -0.4 is 11.1 Å². The van der Waals surface area contributed by atoms with Gasteiger partial charge in [-0.3, -0.25) is 10.1 Å². The molecule has 0 aliphatic heterocycles. The minimum Gasteiger partial charge on any atom is -0.328 e. The largest absolute Gasteiger partial charge is 0.328 e. The summed E-state index contributed by atoms with van der Waals surface area (Å²) in [4.78, 5) is 18.9. The zero-order valence-corrected chi connectivity index (χ0v) is 9.73. The average Bonchev–Trinajstić information content (AvgIpc) is 2.68. The van der Waals surface area contributed by atoms with E-state index in [9.17, 15) is 4.79 Å². The summed E-state index contributed by atoms with van der Waals surface area (Å²) in [6.07, 6.45) is 1.08. The first-order valence-corrected chi connectivity index (χ1v) is 5.65. The van der Waals surface area contributed by atoms with Crippen LogP contribution in [-0.4, -0.2) is 21.9 Å². The van der Waals surface area contributed by atoms with Crippen molar-refractivity contribution >= 4 is 22.9 Å². The quantitative estimate of drug-likeness (QED) is 0.749. The molecule has 17 heavy (non-hydrogen) atoms. The van der Waals surface area contributed by atoms with Crippen molar-refractivity contribution in [1.82, 2.24) is 9.97 Å². The molecule has 0 saturated heterocycles. The van der Waals surface area contributed by atoms with Crippen molar-refractivity contribution in [3.05, 3.63) is 24.3 Å². The Morgan fingerprint density at radius 1 is 1.53 bits per heavy atom. The summed E-state index contributed by atoms with van der Waals surface area (Å²) in [6, 6.07) is 7.67. The van der Waals surface area contributed by atoms with Crippen LogP contribution >= 0.6 is 0 Å². The van der Waals surface area contributed by atoms with E-state index in [1.54, 1.807) is 0 Å². The van der Waals surface area contributed by atoms with Crippen molar-refractivity contribution in [3.63, 3.8) is 0 Å². The van der Waals surface area contributed by atoms with Gasteiger partial charge < -0.3 is 10.7 Å². The SMILES string of the molecule is CC(N)CCC(=O)Nc1nc2ccccc2[nH]1. The van der Waals surface area contributed by atoms with E-state index < -0.39 is 0 Å². The van der Waals surface area contributed by atoms with Crippen molar-refractivity contribution in [2.45, 2.75) is 25.8 Å². The zero-order valence-electron chi connectivity index (χ0n) is 9.73. The molecule has 1 heterocycles. The predicted molar refractivity (Wildman–Crippen MR) is 67.6 cm³/mol. The number of aromatic nitrogens is 2. The maximum atomic E-state index is 11.6. The highest BCUT2D eigenvalue weighted by molar-refractivity contribution is 5.91. The highest BCUT2D eigenvalue weighted by atomic mass is 16.1. The molecule has 0 bridgehead atoms. The number of imidazole rings is 1. The number of para-hydroxylation sites is 2. The second kappa shape index (κ2) is 4.97. The molecule has 1 unspecified atom stereocenters. The third-order valence-electron chi connectivity index (χ3n) is 2.47. The van der Waals surface area contributed by atoms with Crippen LogP contribution in [0.15, 0.2) is 24.3 Å². The van der Waals surface area contributed by atoms with Gasteiger partial charge in [-0.2, -0.15) is 0 Å². The number of carbonyl (C=O) groups is 1. The fourth-order valence-corrected chi connectivity index (χ4v) is 1.57. The number of nitrogens with zero attached hydrogens (tertiary/aromatic N) is 1. The van der Waals surface area contributed by atoms with Crippen molar-refractivity contribution in [3.8, 4) is 0 Å². The number of nitrogens with two attached hydrogens (primary N) is 1. The minimum atomic E-state index is -0.0682. The molecule has 0 saturated carbocycles. The van der Waals surface area contributed by atoms with Crippen molar-refractivity contribution in [1.29, 1.82) is 0 Å². The number of H-pyrrole nitrogens is 1. The standard InChI is InChI=1S/C12H16N4O/c1-8(13)6-7-11(17)16-12-14-9-4-2-3-5-10(9)15-12/h2-5,8H,6-7,13H2,1H3,(H2,14,15,16,17). The van der Waals surface area contributed by atoms with Gasteiger partial charge in [-0.25, -0.2) is 4.98 Å². The third-order valence-corrected chi connectivity index (χ3v) is 2.47. The molecule has 90 valence electrons. The van der Waals surface area contributed by atoms with Crippen LogP contribution in [0.3, 0.4) is 0 Å². The Kier molecular flexibility index (Phi) is 3.39. The Morgan fingerprint density at radius 2 is 2.29 bits per heavy atom. The van der Waals surface area contributed by atoms with Crippen molar-refractivity contribution in [2.24, 2.45) is 5.73 Å². The molecule has 1 aromatic heterocycles. The average molecular weight is 232 g/mol. The normalized spacial score (nSPS) is 12.6. The maximum absolute atomic E-state index is 11.6. The lowest BCUT2D eigenvalue weighted by Crippen LogP contribution is -2.19. The molecule has 2 rings (SSSR count). The fourth-order valence-electron chi connectivity index (χ4n) is 1.57. The summed E-state index contributed by atoms with van der Waals surface area (Å²) >= 11 is 0. The molecule has 4 N–H and O–H groups in total. The summed E-state index contributed by atoms with van der Waals surface area (Å²) in [5.74, 6) is 0.419. The number of carbonyl (C=O) groups excluding carboxylic acids is 1. The number of rotatable bonds is 4. The van der Waals surface area contributed by atoms with E-state index in [0.717, 1.165) is 11.0 Å². The number of aromatic amines is 1. The monoisotopic (exact) mass is 232 g/mol. The van der Waals surface area contributed by atoms with Crippen molar-refractivity contribution in [2.75, 3.05) is 5.32 Å². The van der Waals surface area contributed by atoms with Gasteiger partial charge >= 0.3 is 0 Å². The van der Waals surface area contributed by atoms with Crippen LogP contribution in [0, 0.1) is 0 Å². The fraction of sp³-hybridized carbons (Fsp3) is 0.333. The Balaban J connectivity index is 2.01. The highest BCUT2D eigenvalue weighted by Gasteiger charge is 2.07. The summed E-state index contributed by atoms with van der Waals surface area (Å²) < 4.78 is 0. The molecule has 0 aliphatic rings. The minimum absolute atomic E-state index is 0.0384. The van der Waals surface area contributed by atoms with Gasteiger partial charge in [0.15, 0.2) is 0 Å². The third kappa shape index (κ3) is 3.04. The Bertz CT molecular complexity index is 485. The van der Waals surface area contributed by atoms with E-state index in [1.807, 2.05) is 31.2 Å². The highest BCUT2D eigenvalue weighted by Crippen LogP contribution is 2.13. The summed E-state index contributed by atoms with van der Waals surface area (Å²) in [7, 11) is 0. The van der Waals surface area contributed by atoms with E-state index in [-0.39, 0.29) is 11.9 Å². The molecule has 1 atom stereocenters. The summed E-state index contributed by atoms with van der Waals surface area (Å²) in [5.41, 5.74) is 7.35. The first-order valence-electron chi connectivity index (χ1n) is 5.65. The number of anilines is 1. The number of nitrogens with one attached hydrogen (secondary N) is 2. The lowest BCUT2D eigenvalue weighted by atomic mass is 10.2. The smallest absolute Gasteiger partial charge is 0.226 e. The number of hydrogen-bond donors (Lipinski definition) is 3. The van der Waals surface area contributed by atoms with Crippen LogP contribution in [0.1, 0.15) is 19.8 Å². The van der Waals surface area contributed by atoms with Gasteiger partial charge in [-0.05, 0) is 25.5 Å². The second-order valence-corrected chi connectivity index (χ2v) is 4.17. The van der Waals surface area contributed by atoms with Crippen LogP contribution in [0.5, 0.6) is 0 Å². The van der Waals surface area contributed by atoms with Crippen molar-refractivity contribution < 1.29 is 4.79 Å². The molecule has 0 fully saturated rings. The maximum Gasteiger partial charge on any atom is 0.226 e. The van der Waals surface area contributed by atoms with Gasteiger partial charge in [0.05, 0.1) is 11.0 Å². The molecule has 2 aromatic rings. The number of benzene rings is 1. The molecule has 1 amide bonds. The van der Waals surface area contributed by atoms with Crippen LogP contribution in [-0.2, 0) is 4.79 Å². The van der Waals surface area contributed by atoms with Gasteiger partial charge in [0.1, 0.15) is 0 Å². The second-order valence-electron chi connectivity index (χ2n) is 4.17. The van der Waals surface area contributed by atoms with E-state index in [2.05, 4.69) is 15.3 Å². The van der Waals surface area contributed by atoms with Gasteiger partial charge in [-0.15, -0.1) is 0 Å². The van der Waals surface area contributed by atoms with E-state index >= 15 is 0 Å². The first-order chi connectivity index (χ1) is 8.15. The zero-order chi connectivity index (χ0) is 12.3. The molecule has 0 radical (unpaired) electrons. The Hall–Kier alpha value is -1.88. The Labute approximate surface area is 99.4 Å². The molecule has 5 heteroatoms. The van der Waals surface area contributed by atoms with E-state index in [0.29, 0.717) is 18.8 Å². The molecular weight excluding hydrogens is 216 g/mol. The van der Waals surface area contributed by atoms with E-state index in [1.165, 1.54) is 0 Å². The summed E-state index contributed by atoms with van der Waals surface area (Å²) in [5, 5.41) is 2.73. The van der Waals surface area contributed by atoms with Gasteiger partial charge in [-0.1, -0.05) is 12.1 Å². The predicted octanol–water partition coefficient (Wildman–Crippen LogP) is 1.63. The van der Waals surface area contributed by atoms with Crippen LogP contribution in [0.2, 0.25) is 0 Å². The topological polar surface area (TPSA) is 83.8 Å². The lowest BCUT2D eigenvalue weighted by Gasteiger charge is -2.04. The molecule has 1 aromatic carbocycles. The number of amides is 1. The lowest BCUT2D eigenvalue weighted by molar-refractivity contribution is -0.116.